The van der Waals surface area contributed by atoms with Gasteiger partial charge in [-0.05, 0) is 37.8 Å². The molecule has 2 fully saturated rings. The topological polar surface area (TPSA) is 21.3 Å². The van der Waals surface area contributed by atoms with E-state index in [1.807, 2.05) is 0 Å². The van der Waals surface area contributed by atoms with Crippen molar-refractivity contribution in [2.45, 2.75) is 25.4 Å². The summed E-state index contributed by atoms with van der Waals surface area (Å²) >= 11 is 11.8. The van der Waals surface area contributed by atoms with E-state index in [4.69, 9.17) is 27.9 Å². The number of rotatable bonds is 4. The van der Waals surface area contributed by atoms with E-state index in [0.29, 0.717) is 22.6 Å². The summed E-state index contributed by atoms with van der Waals surface area (Å²) in [6, 6.07) is 2.81. The molecule has 1 saturated heterocycles. The van der Waals surface area contributed by atoms with Gasteiger partial charge in [-0.3, -0.25) is 0 Å². The predicted octanol–water partition coefficient (Wildman–Crippen LogP) is 3.90. The van der Waals surface area contributed by atoms with Gasteiger partial charge in [-0.15, -0.1) is 0 Å². The van der Waals surface area contributed by atoms with Gasteiger partial charge in [0.25, 0.3) is 0 Å². The molecule has 1 N–H and O–H groups in total. The summed E-state index contributed by atoms with van der Waals surface area (Å²) in [5.41, 5.74) is 0. The van der Waals surface area contributed by atoms with Gasteiger partial charge >= 0.3 is 0 Å². The van der Waals surface area contributed by atoms with Gasteiger partial charge in [0.05, 0.1) is 0 Å². The van der Waals surface area contributed by atoms with Crippen LogP contribution in [0.4, 0.5) is 4.39 Å². The van der Waals surface area contributed by atoms with Gasteiger partial charge in [0.1, 0.15) is 22.7 Å². The molecule has 0 bridgehead atoms. The first-order chi connectivity index (χ1) is 9.15. The van der Waals surface area contributed by atoms with Crippen molar-refractivity contribution in [1.29, 1.82) is 0 Å². The summed E-state index contributed by atoms with van der Waals surface area (Å²) in [6.07, 6.45) is 3.58. The molecule has 5 heteroatoms. The summed E-state index contributed by atoms with van der Waals surface area (Å²) in [7, 11) is 0. The van der Waals surface area contributed by atoms with Gasteiger partial charge in [-0.2, -0.15) is 0 Å². The molecule has 0 aromatic heterocycles. The number of hydrogen-bond donors (Lipinski definition) is 1. The molecular formula is C14H16Cl2FNO. The second kappa shape index (κ2) is 5.47. The number of benzene rings is 1. The van der Waals surface area contributed by atoms with Gasteiger partial charge in [0.2, 0.25) is 0 Å². The smallest absolute Gasteiger partial charge is 0.147 e. The minimum absolute atomic E-state index is 0.0287. The van der Waals surface area contributed by atoms with Crippen LogP contribution in [0, 0.1) is 17.7 Å². The average Bonchev–Trinajstić information content (AvgIpc) is 3.06. The largest absolute Gasteiger partial charge is 0.488 e. The standard InChI is InChI=1S/C14H16Cl2FNO/c15-10-5-11(17)13(16)12(6-10)19-14(8-1-2-8)9-3-4-18-7-9/h5-6,8-9,14,18H,1-4,7H2/t9-,14-/m0/s1. The molecule has 2 atom stereocenters. The van der Waals surface area contributed by atoms with Crippen molar-refractivity contribution in [2.24, 2.45) is 11.8 Å². The van der Waals surface area contributed by atoms with Gasteiger partial charge in [0, 0.05) is 23.6 Å². The van der Waals surface area contributed by atoms with Crippen LogP contribution in [0.5, 0.6) is 5.75 Å². The molecule has 2 aliphatic rings. The SMILES string of the molecule is Fc1cc(Cl)cc(O[C@@H](C2CC2)[C@H]2CCNC2)c1Cl. The number of hydrogen-bond acceptors (Lipinski definition) is 2. The van der Waals surface area contributed by atoms with Crippen molar-refractivity contribution in [2.75, 3.05) is 13.1 Å². The fourth-order valence-corrected chi connectivity index (χ4v) is 3.07. The molecule has 0 spiro atoms. The molecule has 0 unspecified atom stereocenters. The van der Waals surface area contributed by atoms with Crippen LogP contribution < -0.4 is 10.1 Å². The van der Waals surface area contributed by atoms with E-state index in [0.717, 1.165) is 19.5 Å². The lowest BCUT2D eigenvalue weighted by molar-refractivity contribution is 0.120. The van der Waals surface area contributed by atoms with Crippen LogP contribution in [0.25, 0.3) is 0 Å². The van der Waals surface area contributed by atoms with E-state index in [2.05, 4.69) is 5.32 Å². The Hall–Kier alpha value is -0.510. The minimum atomic E-state index is -0.525. The average molecular weight is 304 g/mol. The maximum Gasteiger partial charge on any atom is 0.147 e. The summed E-state index contributed by atoms with van der Waals surface area (Å²) in [5, 5.41) is 3.69. The molecule has 1 heterocycles. The lowest BCUT2D eigenvalue weighted by Crippen LogP contribution is -2.31. The van der Waals surface area contributed by atoms with Crippen molar-refractivity contribution in [3.8, 4) is 5.75 Å². The normalized spacial score (nSPS) is 24.5. The first-order valence-electron chi connectivity index (χ1n) is 6.67. The van der Waals surface area contributed by atoms with E-state index in [-0.39, 0.29) is 11.1 Å². The zero-order valence-corrected chi connectivity index (χ0v) is 12.0. The predicted molar refractivity (Wildman–Crippen MR) is 74.5 cm³/mol. The van der Waals surface area contributed by atoms with E-state index >= 15 is 0 Å². The van der Waals surface area contributed by atoms with Crippen LogP contribution in [-0.2, 0) is 0 Å². The van der Waals surface area contributed by atoms with Gasteiger partial charge in [-0.1, -0.05) is 23.2 Å². The summed E-state index contributed by atoms with van der Waals surface area (Å²) in [4.78, 5) is 0. The van der Waals surface area contributed by atoms with Crippen molar-refractivity contribution in [1.82, 2.24) is 5.32 Å². The van der Waals surface area contributed by atoms with Crippen molar-refractivity contribution >= 4 is 23.2 Å². The zero-order chi connectivity index (χ0) is 13.4. The lowest BCUT2D eigenvalue weighted by Gasteiger charge is -2.25. The molecule has 1 aliphatic carbocycles. The monoisotopic (exact) mass is 303 g/mol. The summed E-state index contributed by atoms with van der Waals surface area (Å²) < 4.78 is 19.6. The summed E-state index contributed by atoms with van der Waals surface area (Å²) in [6.45, 7) is 1.98. The number of ether oxygens (including phenoxy) is 1. The maximum atomic E-state index is 13.6. The molecule has 1 aliphatic heterocycles. The quantitative estimate of drug-likeness (QED) is 0.852. The highest BCUT2D eigenvalue weighted by molar-refractivity contribution is 6.34. The Labute approximate surface area is 122 Å². The number of halogens is 3. The molecule has 104 valence electrons. The Morgan fingerprint density at radius 2 is 2.00 bits per heavy atom. The molecule has 1 aromatic carbocycles. The second-order valence-corrected chi connectivity index (χ2v) is 6.19. The van der Waals surface area contributed by atoms with Crippen LogP contribution in [-0.4, -0.2) is 19.2 Å². The first kappa shape index (κ1) is 13.5. The Morgan fingerprint density at radius 1 is 1.21 bits per heavy atom. The Balaban J connectivity index is 1.81. The molecule has 1 aromatic rings. The molecule has 19 heavy (non-hydrogen) atoms. The van der Waals surface area contributed by atoms with E-state index in [9.17, 15) is 4.39 Å². The van der Waals surface area contributed by atoms with Crippen LogP contribution >= 0.6 is 23.2 Å². The first-order valence-corrected chi connectivity index (χ1v) is 7.42. The highest BCUT2D eigenvalue weighted by atomic mass is 35.5. The summed E-state index contributed by atoms with van der Waals surface area (Å²) in [5.74, 6) is 0.896. The van der Waals surface area contributed by atoms with Crippen LogP contribution in [0.3, 0.4) is 0 Å². The molecule has 2 nitrogen and oxygen atoms in total. The van der Waals surface area contributed by atoms with Gasteiger partial charge < -0.3 is 10.1 Å². The van der Waals surface area contributed by atoms with Crippen LogP contribution in [0.1, 0.15) is 19.3 Å². The lowest BCUT2D eigenvalue weighted by atomic mass is 9.97. The zero-order valence-electron chi connectivity index (χ0n) is 10.5. The van der Waals surface area contributed by atoms with Gasteiger partial charge in [-0.25, -0.2) is 4.39 Å². The second-order valence-electron chi connectivity index (χ2n) is 5.37. The molecule has 1 saturated carbocycles. The van der Waals surface area contributed by atoms with Crippen molar-refractivity contribution in [3.63, 3.8) is 0 Å². The van der Waals surface area contributed by atoms with E-state index < -0.39 is 5.82 Å². The minimum Gasteiger partial charge on any atom is -0.488 e. The highest BCUT2D eigenvalue weighted by Crippen LogP contribution is 2.41. The van der Waals surface area contributed by atoms with Crippen LogP contribution in [0.15, 0.2) is 12.1 Å². The fourth-order valence-electron chi connectivity index (χ4n) is 2.72. The van der Waals surface area contributed by atoms with Crippen LogP contribution in [0.2, 0.25) is 10.0 Å². The Kier molecular flexibility index (Phi) is 3.88. The Morgan fingerprint density at radius 3 is 2.63 bits per heavy atom. The van der Waals surface area contributed by atoms with E-state index in [1.54, 1.807) is 6.07 Å². The highest BCUT2D eigenvalue weighted by Gasteiger charge is 2.39. The third-order valence-corrected chi connectivity index (χ3v) is 4.46. The third-order valence-electron chi connectivity index (χ3n) is 3.87. The molecule has 0 radical (unpaired) electrons. The molecule has 3 rings (SSSR count). The van der Waals surface area contributed by atoms with Crippen molar-refractivity contribution in [3.05, 3.63) is 28.0 Å². The van der Waals surface area contributed by atoms with E-state index in [1.165, 1.54) is 18.9 Å². The fraction of sp³-hybridized carbons (Fsp3) is 0.571. The molecular weight excluding hydrogens is 288 g/mol. The van der Waals surface area contributed by atoms with Crippen molar-refractivity contribution < 1.29 is 9.13 Å². The number of nitrogens with one attached hydrogen (secondary N) is 1. The van der Waals surface area contributed by atoms with Gasteiger partial charge in [0.15, 0.2) is 0 Å². The maximum absolute atomic E-state index is 13.6. The third kappa shape index (κ3) is 2.99. The molecule has 0 amide bonds. The Bertz CT molecular complexity index is 473.